The average molecular weight is 380 g/mol. The van der Waals surface area contributed by atoms with Crippen LogP contribution in [0.4, 0.5) is 5.69 Å². The molecule has 0 saturated carbocycles. The summed E-state index contributed by atoms with van der Waals surface area (Å²) in [5.74, 6) is 0.335. The molecule has 4 heteroatoms. The molecule has 1 aliphatic carbocycles. The van der Waals surface area contributed by atoms with Gasteiger partial charge in [-0.05, 0) is 75.4 Å². The maximum Gasteiger partial charge on any atom is 0.164 e. The highest BCUT2D eigenvalue weighted by Gasteiger charge is 2.20. The van der Waals surface area contributed by atoms with Crippen molar-refractivity contribution in [3.05, 3.63) is 52.8 Å². The number of nitrogens with zero attached hydrogens (tertiary/aromatic N) is 3. The molecule has 1 aromatic carbocycles. The van der Waals surface area contributed by atoms with E-state index < -0.39 is 0 Å². The molecule has 1 aliphatic heterocycles. The Balaban J connectivity index is 1.20. The van der Waals surface area contributed by atoms with Crippen LogP contribution in [-0.4, -0.2) is 48.0 Å². The number of fused-ring (bicyclic) bond motifs is 1. The molecule has 28 heavy (non-hydrogen) atoms. The van der Waals surface area contributed by atoms with Gasteiger partial charge in [-0.3, -0.25) is 9.69 Å². The SMILES string of the molecule is Cc1ccc(N2CCN(CCCCn3ccc4c3CCCC4=O)CC2)cc1C. The van der Waals surface area contributed by atoms with Crippen molar-refractivity contribution in [2.24, 2.45) is 0 Å². The molecule has 0 radical (unpaired) electrons. The second kappa shape index (κ2) is 8.52. The van der Waals surface area contributed by atoms with Crippen LogP contribution >= 0.6 is 0 Å². The molecule has 4 nitrogen and oxygen atoms in total. The molecule has 2 aliphatic rings. The number of benzene rings is 1. The smallest absolute Gasteiger partial charge is 0.164 e. The van der Waals surface area contributed by atoms with Gasteiger partial charge in [0.1, 0.15) is 0 Å². The minimum Gasteiger partial charge on any atom is -0.369 e. The average Bonchev–Trinajstić information content (AvgIpc) is 3.12. The van der Waals surface area contributed by atoms with Crippen molar-refractivity contribution in [3.63, 3.8) is 0 Å². The third-order valence-electron chi connectivity index (χ3n) is 6.55. The lowest BCUT2D eigenvalue weighted by Crippen LogP contribution is -2.46. The Morgan fingerprint density at radius 3 is 2.46 bits per heavy atom. The largest absolute Gasteiger partial charge is 0.369 e. The van der Waals surface area contributed by atoms with Crippen LogP contribution in [-0.2, 0) is 13.0 Å². The van der Waals surface area contributed by atoms with Crippen molar-refractivity contribution in [2.45, 2.75) is 52.5 Å². The van der Waals surface area contributed by atoms with E-state index in [9.17, 15) is 4.79 Å². The number of carbonyl (C=O) groups is 1. The summed E-state index contributed by atoms with van der Waals surface area (Å²) in [7, 11) is 0. The van der Waals surface area contributed by atoms with Gasteiger partial charge in [0.2, 0.25) is 0 Å². The Morgan fingerprint density at radius 2 is 1.68 bits per heavy atom. The summed E-state index contributed by atoms with van der Waals surface area (Å²) in [6, 6.07) is 8.86. The number of rotatable bonds is 6. The predicted octanol–water partition coefficient (Wildman–Crippen LogP) is 4.23. The fourth-order valence-corrected chi connectivity index (χ4v) is 4.57. The van der Waals surface area contributed by atoms with Crippen molar-refractivity contribution in [1.82, 2.24) is 9.47 Å². The van der Waals surface area contributed by atoms with E-state index in [1.165, 1.54) is 41.9 Å². The Morgan fingerprint density at radius 1 is 0.893 bits per heavy atom. The van der Waals surface area contributed by atoms with Crippen molar-refractivity contribution < 1.29 is 4.79 Å². The van der Waals surface area contributed by atoms with Gasteiger partial charge in [-0.1, -0.05) is 6.07 Å². The highest BCUT2D eigenvalue weighted by molar-refractivity contribution is 5.98. The van der Waals surface area contributed by atoms with Gasteiger partial charge in [0.15, 0.2) is 5.78 Å². The van der Waals surface area contributed by atoms with E-state index in [1.807, 2.05) is 6.07 Å². The minimum atomic E-state index is 0.335. The lowest BCUT2D eigenvalue weighted by molar-refractivity contribution is 0.0971. The molecule has 0 bridgehead atoms. The molecule has 1 saturated heterocycles. The van der Waals surface area contributed by atoms with Crippen LogP contribution in [0.3, 0.4) is 0 Å². The molecule has 2 heterocycles. The number of aromatic nitrogens is 1. The maximum atomic E-state index is 12.0. The number of aryl methyl sites for hydroxylation is 3. The first kappa shape index (κ1) is 19.3. The van der Waals surface area contributed by atoms with Crippen LogP contribution in [0.1, 0.15) is 52.9 Å². The molecule has 0 N–H and O–H groups in total. The van der Waals surface area contributed by atoms with Crippen LogP contribution in [0.25, 0.3) is 0 Å². The van der Waals surface area contributed by atoms with E-state index >= 15 is 0 Å². The second-order valence-electron chi connectivity index (χ2n) is 8.45. The van der Waals surface area contributed by atoms with E-state index in [0.29, 0.717) is 5.78 Å². The first-order valence-corrected chi connectivity index (χ1v) is 10.9. The van der Waals surface area contributed by atoms with Gasteiger partial charge in [-0.2, -0.15) is 0 Å². The van der Waals surface area contributed by atoms with Crippen LogP contribution in [0.15, 0.2) is 30.5 Å². The van der Waals surface area contributed by atoms with E-state index in [-0.39, 0.29) is 0 Å². The highest BCUT2D eigenvalue weighted by Crippen LogP contribution is 2.23. The number of hydrogen-bond donors (Lipinski definition) is 0. The minimum absolute atomic E-state index is 0.335. The quantitative estimate of drug-likeness (QED) is 0.704. The van der Waals surface area contributed by atoms with Gasteiger partial charge in [-0.25, -0.2) is 0 Å². The predicted molar refractivity (Wildman–Crippen MR) is 116 cm³/mol. The zero-order valence-electron chi connectivity index (χ0n) is 17.4. The van der Waals surface area contributed by atoms with Crippen molar-refractivity contribution in [3.8, 4) is 0 Å². The molecule has 150 valence electrons. The van der Waals surface area contributed by atoms with Crippen molar-refractivity contribution >= 4 is 11.5 Å². The maximum absolute atomic E-state index is 12.0. The summed E-state index contributed by atoms with van der Waals surface area (Å²) in [6.45, 7) is 11.2. The number of anilines is 1. The zero-order chi connectivity index (χ0) is 19.5. The molecule has 2 aromatic rings. The van der Waals surface area contributed by atoms with Crippen LogP contribution in [0.2, 0.25) is 0 Å². The van der Waals surface area contributed by atoms with Gasteiger partial charge in [-0.15, -0.1) is 0 Å². The fraction of sp³-hybridized carbons (Fsp3) is 0.542. The molecule has 0 amide bonds. The van der Waals surface area contributed by atoms with Crippen molar-refractivity contribution in [2.75, 3.05) is 37.6 Å². The molecule has 0 unspecified atom stereocenters. The van der Waals surface area contributed by atoms with Gasteiger partial charge < -0.3 is 9.47 Å². The van der Waals surface area contributed by atoms with E-state index in [2.05, 4.69) is 52.6 Å². The summed E-state index contributed by atoms with van der Waals surface area (Å²) in [5.41, 5.74) is 6.38. The van der Waals surface area contributed by atoms with Gasteiger partial charge in [0.25, 0.3) is 0 Å². The summed E-state index contributed by atoms with van der Waals surface area (Å²) in [6.07, 6.45) is 7.34. The molecule has 1 fully saturated rings. The number of piperazine rings is 1. The number of unbranched alkanes of at least 4 members (excludes halogenated alkanes) is 1. The molecule has 1 aromatic heterocycles. The lowest BCUT2D eigenvalue weighted by atomic mass is 9.97. The zero-order valence-corrected chi connectivity index (χ0v) is 17.4. The third kappa shape index (κ3) is 4.17. The van der Waals surface area contributed by atoms with E-state index in [1.54, 1.807) is 0 Å². The normalized spacial score (nSPS) is 17.8. The number of hydrogen-bond acceptors (Lipinski definition) is 3. The Bertz CT molecular complexity index is 830. The molecular weight excluding hydrogens is 346 g/mol. The summed E-state index contributed by atoms with van der Waals surface area (Å²) >= 11 is 0. The number of carbonyl (C=O) groups excluding carboxylic acids is 1. The summed E-state index contributed by atoms with van der Waals surface area (Å²) < 4.78 is 2.32. The first-order chi connectivity index (χ1) is 13.6. The number of ketones is 1. The van der Waals surface area contributed by atoms with Gasteiger partial charge in [0.05, 0.1) is 0 Å². The van der Waals surface area contributed by atoms with Crippen LogP contribution in [0, 0.1) is 13.8 Å². The molecular formula is C24H33N3O. The number of Topliss-reactive ketones (excluding diaryl/α,β-unsaturated/α-hetero) is 1. The van der Waals surface area contributed by atoms with Gasteiger partial charge in [0, 0.05) is 62.3 Å². The summed E-state index contributed by atoms with van der Waals surface area (Å²) in [5, 5.41) is 0. The van der Waals surface area contributed by atoms with E-state index in [0.717, 1.165) is 57.5 Å². The topological polar surface area (TPSA) is 28.5 Å². The first-order valence-electron chi connectivity index (χ1n) is 10.9. The Kier molecular flexibility index (Phi) is 5.86. The second-order valence-corrected chi connectivity index (χ2v) is 8.45. The summed E-state index contributed by atoms with van der Waals surface area (Å²) in [4.78, 5) is 17.1. The van der Waals surface area contributed by atoms with Crippen LogP contribution < -0.4 is 4.90 Å². The van der Waals surface area contributed by atoms with Crippen LogP contribution in [0.5, 0.6) is 0 Å². The highest BCUT2D eigenvalue weighted by atomic mass is 16.1. The Labute approximate surface area is 169 Å². The monoisotopic (exact) mass is 379 g/mol. The van der Waals surface area contributed by atoms with E-state index in [4.69, 9.17) is 0 Å². The molecule has 4 rings (SSSR count). The molecule has 0 spiro atoms. The van der Waals surface area contributed by atoms with Crippen molar-refractivity contribution in [1.29, 1.82) is 0 Å². The molecule has 0 atom stereocenters. The Hall–Kier alpha value is -2.07. The standard InChI is InChI=1S/C24H33N3O/c1-19-8-9-21(18-20(19)2)26-16-14-25(15-17-26)11-3-4-12-27-13-10-22-23(27)6-5-7-24(22)28/h8-10,13,18H,3-7,11-12,14-17H2,1-2H3. The fourth-order valence-electron chi connectivity index (χ4n) is 4.57. The van der Waals surface area contributed by atoms with Gasteiger partial charge >= 0.3 is 0 Å². The third-order valence-corrected chi connectivity index (χ3v) is 6.55. The lowest BCUT2D eigenvalue weighted by Gasteiger charge is -2.36.